The summed E-state index contributed by atoms with van der Waals surface area (Å²) in [6, 6.07) is 15.5. The van der Waals surface area contributed by atoms with Gasteiger partial charge in [-0.25, -0.2) is 13.2 Å². The van der Waals surface area contributed by atoms with Crippen molar-refractivity contribution in [1.29, 1.82) is 0 Å². The Bertz CT molecular complexity index is 1080. The van der Waals surface area contributed by atoms with E-state index in [9.17, 15) is 18.3 Å². The first-order valence-corrected chi connectivity index (χ1v) is 10.7. The highest BCUT2D eigenvalue weighted by atomic mass is 32.2. The number of aliphatic hydroxyl groups excluding tert-OH is 1. The number of hydrogen-bond donors (Lipinski definition) is 4. The van der Waals surface area contributed by atoms with Crippen LogP contribution < -0.4 is 15.4 Å². The molecule has 1 heterocycles. The molecule has 3 aromatic rings. The van der Waals surface area contributed by atoms with E-state index < -0.39 is 22.2 Å². The maximum Gasteiger partial charge on any atom is 0.319 e. The van der Waals surface area contributed by atoms with Crippen molar-refractivity contribution in [1.82, 2.24) is 10.3 Å². The van der Waals surface area contributed by atoms with Gasteiger partial charge in [-0.1, -0.05) is 25.6 Å². The van der Waals surface area contributed by atoms with Gasteiger partial charge in [0.1, 0.15) is 0 Å². The maximum absolute atomic E-state index is 12.5. The predicted molar refractivity (Wildman–Crippen MR) is 121 cm³/mol. The van der Waals surface area contributed by atoms with Gasteiger partial charge in [0.15, 0.2) is 0 Å². The van der Waals surface area contributed by atoms with Gasteiger partial charge < -0.3 is 15.7 Å². The number of benzene rings is 2. The van der Waals surface area contributed by atoms with Crippen molar-refractivity contribution in [3.05, 3.63) is 84.2 Å². The van der Waals surface area contributed by atoms with E-state index in [1.54, 1.807) is 49.6 Å². The summed E-state index contributed by atoms with van der Waals surface area (Å²) < 4.78 is 27.6. The maximum atomic E-state index is 12.5. The summed E-state index contributed by atoms with van der Waals surface area (Å²) in [6.45, 7) is 1.96. The van der Waals surface area contributed by atoms with Gasteiger partial charge in [0.25, 0.3) is 10.0 Å². The average Bonchev–Trinajstić information content (AvgIpc) is 2.73. The van der Waals surface area contributed by atoms with Gasteiger partial charge in [-0.15, -0.1) is 0 Å². The van der Waals surface area contributed by atoms with Crippen molar-refractivity contribution in [2.24, 2.45) is 0 Å². The molecule has 0 unspecified atom stereocenters. The predicted octanol–water partition coefficient (Wildman–Crippen LogP) is 3.89. The van der Waals surface area contributed by atoms with Gasteiger partial charge in [-0.05, 0) is 60.5 Å². The third kappa shape index (κ3) is 6.80. The molecule has 3 rings (SSSR count). The zero-order chi connectivity index (χ0) is 21.6. The summed E-state index contributed by atoms with van der Waals surface area (Å²) in [6.07, 6.45) is 2.68. The first-order valence-electron chi connectivity index (χ1n) is 9.18. The smallest absolute Gasteiger partial charge is 0.319 e. The number of urea groups is 1. The Labute approximate surface area is 182 Å². The van der Waals surface area contributed by atoms with Crippen LogP contribution in [-0.4, -0.2) is 24.5 Å². The Morgan fingerprint density at radius 2 is 1.68 bits per heavy atom. The van der Waals surface area contributed by atoms with E-state index in [-0.39, 0.29) is 12.3 Å². The molecule has 2 aromatic carbocycles. The lowest BCUT2D eigenvalue weighted by molar-refractivity contribution is 0.199. The molecule has 1 atom stereocenters. The zero-order valence-corrected chi connectivity index (χ0v) is 17.1. The molecule has 0 radical (unpaired) electrons. The molecule has 0 fully saturated rings. The summed E-state index contributed by atoms with van der Waals surface area (Å²) in [5.74, 6) is 0. The van der Waals surface area contributed by atoms with Crippen LogP contribution in [0.1, 0.15) is 31.6 Å². The number of sulfonamides is 1. The van der Waals surface area contributed by atoms with Crippen LogP contribution in [0.2, 0.25) is 0 Å². The molecule has 31 heavy (non-hydrogen) atoms. The minimum atomic E-state index is -3.79. The first-order chi connectivity index (χ1) is 14.3. The number of pyridine rings is 1. The lowest BCUT2D eigenvalue weighted by Gasteiger charge is -2.11. The zero-order valence-electron chi connectivity index (χ0n) is 16.2. The fraction of sp³-hybridized carbons (Fsp3) is 0.182. The molecule has 0 aliphatic heterocycles. The quantitative estimate of drug-likeness (QED) is 0.442. The van der Waals surface area contributed by atoms with Gasteiger partial charge in [0.2, 0.25) is 0 Å². The number of aromatic nitrogens is 1. The molecule has 0 aliphatic carbocycles. The van der Waals surface area contributed by atoms with Gasteiger partial charge in [0.05, 0.1) is 11.0 Å². The normalized spacial score (nSPS) is 11.7. The van der Waals surface area contributed by atoms with Gasteiger partial charge in [0, 0.05) is 30.3 Å². The van der Waals surface area contributed by atoms with Crippen LogP contribution in [0.5, 0.6) is 0 Å². The molecule has 0 aliphatic rings. The Hall–Kier alpha value is -3.43. The number of carbonyl (C=O) groups excluding carboxylic acids is 1. The Kier molecular flexibility index (Phi) is 8.12. The summed E-state index contributed by atoms with van der Waals surface area (Å²) in [7, 11) is -3.79. The molecule has 0 bridgehead atoms. The minimum absolute atomic E-state index is 0. The first kappa shape index (κ1) is 23.8. The van der Waals surface area contributed by atoms with Crippen LogP contribution in [0.3, 0.4) is 0 Å². The Morgan fingerprint density at radius 3 is 2.26 bits per heavy atom. The summed E-state index contributed by atoms with van der Waals surface area (Å²) >= 11 is 0. The monoisotopic (exact) mass is 442 g/mol. The van der Waals surface area contributed by atoms with E-state index in [0.29, 0.717) is 23.5 Å². The summed E-state index contributed by atoms with van der Waals surface area (Å²) in [4.78, 5) is 16.0. The number of amides is 2. The molecule has 9 heteroatoms. The second-order valence-corrected chi connectivity index (χ2v) is 8.28. The molecule has 0 spiro atoms. The van der Waals surface area contributed by atoms with Crippen molar-refractivity contribution < 1.29 is 18.3 Å². The molecular weight excluding hydrogens is 416 g/mol. The van der Waals surface area contributed by atoms with E-state index >= 15 is 0 Å². The molecule has 0 saturated heterocycles. The molecule has 4 N–H and O–H groups in total. The second-order valence-electron chi connectivity index (χ2n) is 6.60. The van der Waals surface area contributed by atoms with Crippen molar-refractivity contribution in [2.75, 3.05) is 10.0 Å². The lowest BCUT2D eigenvalue weighted by atomic mass is 10.1. The Morgan fingerprint density at radius 1 is 1.03 bits per heavy atom. The highest BCUT2D eigenvalue weighted by Crippen LogP contribution is 2.20. The van der Waals surface area contributed by atoms with Crippen molar-refractivity contribution in [2.45, 2.75) is 31.9 Å². The average molecular weight is 443 g/mol. The van der Waals surface area contributed by atoms with E-state index in [0.717, 1.165) is 5.56 Å². The number of anilines is 2. The van der Waals surface area contributed by atoms with Gasteiger partial charge >= 0.3 is 6.03 Å². The highest BCUT2D eigenvalue weighted by molar-refractivity contribution is 7.92. The van der Waals surface area contributed by atoms with E-state index in [1.165, 1.54) is 24.3 Å². The van der Waals surface area contributed by atoms with Crippen molar-refractivity contribution in [3.63, 3.8) is 0 Å². The van der Waals surface area contributed by atoms with E-state index in [4.69, 9.17) is 0 Å². The molecule has 1 aromatic heterocycles. The topological polar surface area (TPSA) is 120 Å². The van der Waals surface area contributed by atoms with E-state index in [1.807, 2.05) is 6.07 Å². The number of nitrogens with one attached hydrogen (secondary N) is 3. The number of rotatable bonds is 7. The number of hydrogen-bond acceptors (Lipinski definition) is 5. The standard InChI is InChI=1S/C21H22N4O4S.CH4/c1-15(26)17-4-6-19(7-5-17)25-30(28,29)20-10-8-18(9-11-20)24-21(27)23-14-16-3-2-12-22-13-16;/h2-13,15,25-26H,14H2,1H3,(H2,23,24,27);1H4/t15-;/m0./s1. The molecule has 8 nitrogen and oxygen atoms in total. The highest BCUT2D eigenvalue weighted by Gasteiger charge is 2.14. The van der Waals surface area contributed by atoms with Crippen molar-refractivity contribution >= 4 is 27.4 Å². The number of aliphatic hydroxyl groups is 1. The van der Waals surface area contributed by atoms with Crippen LogP contribution in [-0.2, 0) is 16.6 Å². The third-order valence-corrected chi connectivity index (χ3v) is 5.64. The van der Waals surface area contributed by atoms with Crippen LogP contribution >= 0.6 is 0 Å². The Balaban J connectivity index is 0.00000341. The lowest BCUT2D eigenvalue weighted by Crippen LogP contribution is -2.28. The van der Waals surface area contributed by atoms with Gasteiger partial charge in [-0.2, -0.15) is 0 Å². The third-order valence-electron chi connectivity index (χ3n) is 4.24. The largest absolute Gasteiger partial charge is 0.389 e. The molecule has 0 saturated carbocycles. The van der Waals surface area contributed by atoms with Crippen LogP contribution in [0.15, 0.2) is 78.0 Å². The van der Waals surface area contributed by atoms with Crippen LogP contribution in [0.4, 0.5) is 16.2 Å². The molecular formula is C22H26N4O4S. The van der Waals surface area contributed by atoms with Gasteiger partial charge in [-0.3, -0.25) is 9.71 Å². The van der Waals surface area contributed by atoms with Crippen molar-refractivity contribution in [3.8, 4) is 0 Å². The molecule has 164 valence electrons. The van der Waals surface area contributed by atoms with Crippen LogP contribution in [0.25, 0.3) is 0 Å². The fourth-order valence-corrected chi connectivity index (χ4v) is 3.68. The molecule has 2 amide bonds. The second kappa shape index (κ2) is 10.6. The number of carbonyl (C=O) groups is 1. The SMILES string of the molecule is C.C[C@H](O)c1ccc(NS(=O)(=O)c2ccc(NC(=O)NCc3cccnc3)cc2)cc1. The minimum Gasteiger partial charge on any atom is -0.389 e. The fourth-order valence-electron chi connectivity index (χ4n) is 2.62. The summed E-state index contributed by atoms with van der Waals surface area (Å²) in [5.41, 5.74) is 2.40. The van der Waals surface area contributed by atoms with Crippen LogP contribution in [0, 0.1) is 0 Å². The van der Waals surface area contributed by atoms with E-state index in [2.05, 4.69) is 20.3 Å². The summed E-state index contributed by atoms with van der Waals surface area (Å²) in [5, 5.41) is 14.9. The number of nitrogens with zero attached hydrogens (tertiary/aromatic N) is 1.